The largest absolute Gasteiger partial charge is 0.383 e. The van der Waals surface area contributed by atoms with E-state index in [1.54, 1.807) is 18.4 Å². The van der Waals surface area contributed by atoms with Crippen LogP contribution in [-0.2, 0) is 10.0 Å². The lowest BCUT2D eigenvalue weighted by Gasteiger charge is -2.33. The summed E-state index contributed by atoms with van der Waals surface area (Å²) >= 11 is 7.08. The Kier molecular flexibility index (Phi) is 5.53. The number of rotatable bonds is 6. The molecular weight excluding hydrogens is 447 g/mol. The fourth-order valence-electron chi connectivity index (χ4n) is 4.87. The smallest absolute Gasteiger partial charge is 0.283 e. The molecule has 3 heterocycles. The molecule has 164 valence electrons. The summed E-state index contributed by atoms with van der Waals surface area (Å²) < 4.78 is 40.8. The minimum Gasteiger partial charge on any atom is -0.383 e. The lowest BCUT2D eigenvalue weighted by atomic mass is 9.82. The monoisotopic (exact) mass is 472 g/mol. The third-order valence-electron chi connectivity index (χ3n) is 5.97. The topological polar surface area (TPSA) is 65.5 Å². The highest BCUT2D eigenvalue weighted by molar-refractivity contribution is 7.94. The zero-order valence-electron chi connectivity index (χ0n) is 17.3. The predicted octanol–water partition coefficient (Wildman–Crippen LogP) is 4.62. The Balaban J connectivity index is 1.51. The van der Waals surface area contributed by atoms with E-state index in [2.05, 4.69) is 29.0 Å². The van der Waals surface area contributed by atoms with Gasteiger partial charge in [0, 0.05) is 41.5 Å². The second-order valence-corrected chi connectivity index (χ2v) is 12.2. The Labute approximate surface area is 186 Å². The third kappa shape index (κ3) is 3.92. The van der Waals surface area contributed by atoms with E-state index in [1.165, 1.54) is 18.6 Å². The quantitative estimate of drug-likeness (QED) is 0.621. The Bertz CT molecular complexity index is 1060. The number of fused-ring (bicyclic) bond motifs is 1. The van der Waals surface area contributed by atoms with Gasteiger partial charge in [-0.3, -0.25) is 4.90 Å². The SMILES string of the molecule is Cc1csc(N(Cl)S(=O)(=O)c2ccc(NCC34CCCN3CC(C)(C)C4)cc2F)n1. The standard InChI is InChI=1S/C20H26ClFN4O2S2/c1-14-10-29-18(24-14)26(21)30(27,28)17-6-5-15(9-16(17)22)23-12-20-7-4-8-25(20)13-19(2,3)11-20/h5-6,9-10,23H,4,7-8,11-13H2,1-3H3. The van der Waals surface area contributed by atoms with Crippen molar-refractivity contribution < 1.29 is 12.8 Å². The van der Waals surface area contributed by atoms with E-state index >= 15 is 0 Å². The summed E-state index contributed by atoms with van der Waals surface area (Å²) in [4.78, 5) is 6.12. The lowest BCUT2D eigenvalue weighted by molar-refractivity contribution is 0.209. The van der Waals surface area contributed by atoms with Crippen LogP contribution in [0.1, 0.15) is 38.8 Å². The van der Waals surface area contributed by atoms with Crippen molar-refractivity contribution >= 4 is 44.0 Å². The fourth-order valence-corrected chi connectivity index (χ4v) is 7.24. The first-order valence-corrected chi connectivity index (χ1v) is 12.6. The molecule has 0 spiro atoms. The number of hydrogen-bond donors (Lipinski definition) is 1. The van der Waals surface area contributed by atoms with Crippen LogP contribution in [0.25, 0.3) is 0 Å². The summed E-state index contributed by atoms with van der Waals surface area (Å²) in [6.07, 6.45) is 3.38. The number of aryl methyl sites for hydroxylation is 1. The summed E-state index contributed by atoms with van der Waals surface area (Å²) in [5.74, 6) is -0.841. The molecule has 0 aliphatic carbocycles. The van der Waals surface area contributed by atoms with Crippen LogP contribution in [0.4, 0.5) is 15.2 Å². The van der Waals surface area contributed by atoms with Gasteiger partial charge in [0.05, 0.1) is 5.69 Å². The van der Waals surface area contributed by atoms with Gasteiger partial charge in [0.2, 0.25) is 5.13 Å². The van der Waals surface area contributed by atoms with Gasteiger partial charge in [0.1, 0.15) is 10.7 Å². The normalized spacial score (nSPS) is 23.5. The molecule has 10 heteroatoms. The summed E-state index contributed by atoms with van der Waals surface area (Å²) in [5, 5.41) is 5.10. The van der Waals surface area contributed by atoms with Crippen molar-refractivity contribution in [3.8, 4) is 0 Å². The molecule has 2 aliphatic heterocycles. The van der Waals surface area contributed by atoms with Crippen molar-refractivity contribution in [2.75, 3.05) is 28.8 Å². The molecule has 2 aromatic rings. The van der Waals surface area contributed by atoms with Gasteiger partial charge in [0.25, 0.3) is 10.0 Å². The van der Waals surface area contributed by atoms with Crippen LogP contribution in [0.15, 0.2) is 28.5 Å². The summed E-state index contributed by atoms with van der Waals surface area (Å²) in [6.45, 7) is 9.18. The van der Waals surface area contributed by atoms with Gasteiger partial charge in [-0.15, -0.1) is 15.2 Å². The number of benzene rings is 1. The zero-order valence-corrected chi connectivity index (χ0v) is 19.7. The van der Waals surface area contributed by atoms with Gasteiger partial charge in [-0.25, -0.2) is 9.37 Å². The summed E-state index contributed by atoms with van der Waals surface area (Å²) in [5.41, 5.74) is 1.55. The third-order valence-corrected chi connectivity index (χ3v) is 9.31. The fraction of sp³-hybridized carbons (Fsp3) is 0.550. The number of thiazole rings is 1. The van der Waals surface area contributed by atoms with Gasteiger partial charge < -0.3 is 5.32 Å². The molecule has 0 amide bonds. The minimum absolute atomic E-state index is 0.0834. The second kappa shape index (κ2) is 7.62. The first-order valence-electron chi connectivity index (χ1n) is 9.94. The molecule has 30 heavy (non-hydrogen) atoms. The van der Waals surface area contributed by atoms with Crippen LogP contribution in [0.3, 0.4) is 0 Å². The average molecular weight is 473 g/mol. The van der Waals surface area contributed by atoms with Crippen molar-refractivity contribution in [3.63, 3.8) is 0 Å². The summed E-state index contributed by atoms with van der Waals surface area (Å²) in [7, 11) is -4.25. The molecule has 2 aliphatic rings. The number of hydrogen-bond acceptors (Lipinski definition) is 6. The molecule has 0 saturated carbocycles. The molecule has 0 bridgehead atoms. The highest BCUT2D eigenvalue weighted by Gasteiger charge is 2.51. The van der Waals surface area contributed by atoms with E-state index in [-0.39, 0.29) is 16.1 Å². The van der Waals surface area contributed by atoms with Gasteiger partial charge >= 0.3 is 0 Å². The predicted molar refractivity (Wildman–Crippen MR) is 119 cm³/mol. The second-order valence-electron chi connectivity index (χ2n) is 9.08. The molecule has 1 aromatic heterocycles. The van der Waals surface area contributed by atoms with Crippen molar-refractivity contribution in [1.29, 1.82) is 0 Å². The van der Waals surface area contributed by atoms with E-state index in [4.69, 9.17) is 11.8 Å². The number of sulfonamides is 1. The number of halogens is 2. The molecule has 1 aromatic carbocycles. The van der Waals surface area contributed by atoms with Crippen molar-refractivity contribution in [2.24, 2.45) is 5.41 Å². The Morgan fingerprint density at radius 3 is 2.83 bits per heavy atom. The van der Waals surface area contributed by atoms with Gasteiger partial charge in [-0.05, 0) is 56.3 Å². The van der Waals surface area contributed by atoms with Crippen LogP contribution in [-0.4, -0.2) is 43.5 Å². The molecule has 0 radical (unpaired) electrons. The highest BCUT2D eigenvalue weighted by atomic mass is 35.5. The summed E-state index contributed by atoms with van der Waals surface area (Å²) in [6, 6.07) is 4.07. The zero-order chi connectivity index (χ0) is 21.7. The van der Waals surface area contributed by atoms with Gasteiger partial charge in [0.15, 0.2) is 0 Å². The minimum atomic E-state index is -4.25. The van der Waals surface area contributed by atoms with E-state index in [0.29, 0.717) is 21.8 Å². The van der Waals surface area contributed by atoms with Crippen molar-refractivity contribution in [3.05, 3.63) is 35.1 Å². The van der Waals surface area contributed by atoms with Crippen LogP contribution in [0, 0.1) is 18.2 Å². The average Bonchev–Trinajstić information content (AvgIpc) is 3.31. The molecule has 2 fully saturated rings. The van der Waals surface area contributed by atoms with Crippen LogP contribution in [0.2, 0.25) is 0 Å². The Morgan fingerprint density at radius 1 is 1.40 bits per heavy atom. The van der Waals surface area contributed by atoms with Gasteiger partial charge in [-0.2, -0.15) is 8.42 Å². The molecule has 2 saturated heterocycles. The number of nitrogens with zero attached hydrogens (tertiary/aromatic N) is 3. The van der Waals surface area contributed by atoms with Crippen molar-refractivity contribution in [2.45, 2.75) is 50.5 Å². The van der Waals surface area contributed by atoms with Gasteiger partial charge in [-0.1, -0.05) is 13.8 Å². The molecule has 1 N–H and O–H groups in total. The maximum atomic E-state index is 14.8. The molecular formula is C20H26ClFN4O2S2. The van der Waals surface area contributed by atoms with E-state index < -0.39 is 20.7 Å². The van der Waals surface area contributed by atoms with E-state index in [0.717, 1.165) is 37.3 Å². The Morgan fingerprint density at radius 2 is 2.17 bits per heavy atom. The molecule has 4 rings (SSSR count). The van der Waals surface area contributed by atoms with Crippen LogP contribution >= 0.6 is 23.1 Å². The van der Waals surface area contributed by atoms with E-state index in [9.17, 15) is 12.8 Å². The molecule has 1 unspecified atom stereocenters. The number of aromatic nitrogens is 1. The van der Waals surface area contributed by atoms with E-state index in [1.807, 2.05) is 0 Å². The highest BCUT2D eigenvalue weighted by Crippen LogP contribution is 2.47. The van der Waals surface area contributed by atoms with Crippen LogP contribution in [0.5, 0.6) is 0 Å². The Hall–Kier alpha value is -1.42. The maximum absolute atomic E-state index is 14.8. The van der Waals surface area contributed by atoms with Crippen LogP contribution < -0.4 is 9.14 Å². The first kappa shape index (κ1) is 21.8. The molecule has 1 atom stereocenters. The lowest BCUT2D eigenvalue weighted by Crippen LogP contribution is -2.44. The number of anilines is 2. The molecule has 6 nitrogen and oxygen atoms in total. The maximum Gasteiger partial charge on any atom is 0.283 e. The van der Waals surface area contributed by atoms with Crippen molar-refractivity contribution in [1.82, 2.24) is 9.88 Å². The first-order chi connectivity index (χ1) is 14.0. The number of nitrogens with one attached hydrogen (secondary N) is 1.